The van der Waals surface area contributed by atoms with Crippen LogP contribution in [0, 0.1) is 13.8 Å². The van der Waals surface area contributed by atoms with Crippen LogP contribution in [0.25, 0.3) is 0 Å². The Morgan fingerprint density at radius 2 is 1.79 bits per heavy atom. The van der Waals surface area contributed by atoms with Crippen molar-refractivity contribution in [3.63, 3.8) is 0 Å². The molecule has 2 aromatic carbocycles. The van der Waals surface area contributed by atoms with E-state index in [1.54, 1.807) is 0 Å². The second-order valence-corrected chi connectivity index (χ2v) is 7.36. The molecule has 0 unspecified atom stereocenters. The number of amides is 1. The highest BCUT2D eigenvalue weighted by molar-refractivity contribution is 6.30. The van der Waals surface area contributed by atoms with E-state index >= 15 is 0 Å². The molecular formula is C21H24ClNO. The molecule has 0 spiro atoms. The minimum absolute atomic E-state index is 0.0955. The van der Waals surface area contributed by atoms with E-state index in [1.807, 2.05) is 44.2 Å². The smallest absolute Gasteiger partial charge is 0.235 e. The molecule has 0 saturated heterocycles. The fourth-order valence-electron chi connectivity index (χ4n) is 3.70. The second kappa shape index (κ2) is 6.98. The lowest BCUT2D eigenvalue weighted by Crippen LogP contribution is -2.42. The van der Waals surface area contributed by atoms with E-state index in [2.05, 4.69) is 17.4 Å². The molecule has 1 saturated carbocycles. The first kappa shape index (κ1) is 17.0. The number of hydrogen-bond donors (Lipinski definition) is 1. The summed E-state index contributed by atoms with van der Waals surface area (Å²) in [7, 11) is 0. The van der Waals surface area contributed by atoms with Gasteiger partial charge in [0.05, 0.1) is 5.41 Å². The van der Waals surface area contributed by atoms with Crippen LogP contribution in [0.5, 0.6) is 0 Å². The summed E-state index contributed by atoms with van der Waals surface area (Å²) in [6.07, 6.45) is 5.10. The van der Waals surface area contributed by atoms with Crippen LogP contribution in [0.1, 0.15) is 48.8 Å². The van der Waals surface area contributed by atoms with Crippen molar-refractivity contribution in [1.29, 1.82) is 0 Å². The topological polar surface area (TPSA) is 29.1 Å². The van der Waals surface area contributed by atoms with Crippen LogP contribution in [0.3, 0.4) is 0 Å². The highest BCUT2D eigenvalue weighted by Gasteiger charge is 2.41. The van der Waals surface area contributed by atoms with Crippen LogP contribution >= 0.6 is 11.6 Å². The van der Waals surface area contributed by atoms with Gasteiger partial charge in [-0.15, -0.1) is 0 Å². The molecule has 0 aromatic heterocycles. The molecule has 1 fully saturated rings. The van der Waals surface area contributed by atoms with Gasteiger partial charge in [-0.1, -0.05) is 55.1 Å². The summed E-state index contributed by atoms with van der Waals surface area (Å²) < 4.78 is 0. The minimum atomic E-state index is -0.473. The molecule has 24 heavy (non-hydrogen) atoms. The van der Waals surface area contributed by atoms with Gasteiger partial charge in [0.1, 0.15) is 0 Å². The van der Waals surface area contributed by atoms with Gasteiger partial charge in [-0.3, -0.25) is 4.79 Å². The third kappa shape index (κ3) is 3.34. The maximum atomic E-state index is 13.3. The van der Waals surface area contributed by atoms with E-state index in [0.29, 0.717) is 5.02 Å². The van der Waals surface area contributed by atoms with Crippen LogP contribution in [0.2, 0.25) is 5.02 Å². The lowest BCUT2D eigenvalue weighted by atomic mass is 9.68. The Balaban J connectivity index is 1.96. The average molecular weight is 342 g/mol. The van der Waals surface area contributed by atoms with Gasteiger partial charge < -0.3 is 5.32 Å². The van der Waals surface area contributed by atoms with Crippen molar-refractivity contribution in [1.82, 2.24) is 0 Å². The van der Waals surface area contributed by atoms with Crippen LogP contribution in [-0.4, -0.2) is 5.91 Å². The van der Waals surface area contributed by atoms with Gasteiger partial charge in [0.15, 0.2) is 0 Å². The molecule has 0 bridgehead atoms. The molecule has 126 valence electrons. The number of hydrogen-bond acceptors (Lipinski definition) is 1. The van der Waals surface area contributed by atoms with E-state index in [-0.39, 0.29) is 5.91 Å². The number of aryl methyl sites for hydroxylation is 2. The average Bonchev–Trinajstić information content (AvgIpc) is 2.58. The Morgan fingerprint density at radius 1 is 1.04 bits per heavy atom. The molecule has 0 radical (unpaired) electrons. The Labute approximate surface area is 149 Å². The summed E-state index contributed by atoms with van der Waals surface area (Å²) >= 11 is 6.21. The molecule has 0 atom stereocenters. The Morgan fingerprint density at radius 3 is 2.50 bits per heavy atom. The number of rotatable bonds is 3. The SMILES string of the molecule is Cc1ccc(C)c(NC(=O)C2(c3cccc(Cl)c3)CCCCC2)c1. The van der Waals surface area contributed by atoms with E-state index in [0.717, 1.165) is 48.1 Å². The summed E-state index contributed by atoms with van der Waals surface area (Å²) in [5.41, 5.74) is 3.71. The molecule has 0 heterocycles. The fourth-order valence-corrected chi connectivity index (χ4v) is 3.89. The van der Waals surface area contributed by atoms with Gasteiger partial charge in [-0.25, -0.2) is 0 Å². The third-order valence-electron chi connectivity index (χ3n) is 5.16. The molecule has 3 heteroatoms. The normalized spacial score (nSPS) is 16.6. The summed E-state index contributed by atoms with van der Waals surface area (Å²) in [4.78, 5) is 13.3. The maximum absolute atomic E-state index is 13.3. The number of benzene rings is 2. The predicted molar refractivity (Wildman–Crippen MR) is 101 cm³/mol. The van der Waals surface area contributed by atoms with Gasteiger partial charge in [0, 0.05) is 10.7 Å². The zero-order chi connectivity index (χ0) is 17.2. The molecule has 1 N–H and O–H groups in total. The summed E-state index contributed by atoms with van der Waals surface area (Å²) in [6.45, 7) is 4.07. The summed E-state index contributed by atoms with van der Waals surface area (Å²) in [6, 6.07) is 14.0. The third-order valence-corrected chi connectivity index (χ3v) is 5.40. The minimum Gasteiger partial charge on any atom is -0.325 e. The molecular weight excluding hydrogens is 318 g/mol. The van der Waals surface area contributed by atoms with E-state index in [1.165, 1.54) is 6.42 Å². The lowest BCUT2D eigenvalue weighted by molar-refractivity contribution is -0.122. The highest BCUT2D eigenvalue weighted by Crippen LogP contribution is 2.41. The summed E-state index contributed by atoms with van der Waals surface area (Å²) in [5.74, 6) is 0.0955. The first-order valence-corrected chi connectivity index (χ1v) is 9.04. The zero-order valence-corrected chi connectivity index (χ0v) is 15.1. The molecule has 1 aliphatic rings. The Bertz CT molecular complexity index is 747. The van der Waals surface area contributed by atoms with Crippen molar-refractivity contribution in [2.45, 2.75) is 51.4 Å². The monoisotopic (exact) mass is 341 g/mol. The number of nitrogens with one attached hydrogen (secondary N) is 1. The van der Waals surface area contributed by atoms with E-state index < -0.39 is 5.41 Å². The molecule has 2 nitrogen and oxygen atoms in total. The molecule has 2 aromatic rings. The quantitative estimate of drug-likeness (QED) is 0.751. The zero-order valence-electron chi connectivity index (χ0n) is 14.4. The van der Waals surface area contributed by atoms with Gasteiger partial charge in [-0.05, 0) is 61.6 Å². The first-order valence-electron chi connectivity index (χ1n) is 8.66. The van der Waals surface area contributed by atoms with Crippen molar-refractivity contribution in [3.8, 4) is 0 Å². The highest BCUT2D eigenvalue weighted by atomic mass is 35.5. The number of halogens is 1. The van der Waals surface area contributed by atoms with Gasteiger partial charge >= 0.3 is 0 Å². The second-order valence-electron chi connectivity index (χ2n) is 6.93. The maximum Gasteiger partial charge on any atom is 0.235 e. The van der Waals surface area contributed by atoms with Crippen molar-refractivity contribution >= 4 is 23.2 Å². The largest absolute Gasteiger partial charge is 0.325 e. The number of carbonyl (C=O) groups excluding carboxylic acids is 1. The van der Waals surface area contributed by atoms with Crippen LogP contribution in [0.4, 0.5) is 5.69 Å². The van der Waals surface area contributed by atoms with Crippen molar-refractivity contribution < 1.29 is 4.79 Å². The number of carbonyl (C=O) groups is 1. The molecule has 1 aliphatic carbocycles. The first-order chi connectivity index (χ1) is 11.5. The van der Waals surface area contributed by atoms with Crippen molar-refractivity contribution in [2.24, 2.45) is 0 Å². The van der Waals surface area contributed by atoms with Crippen LogP contribution in [0.15, 0.2) is 42.5 Å². The Kier molecular flexibility index (Phi) is 4.96. The summed E-state index contributed by atoms with van der Waals surface area (Å²) in [5, 5.41) is 3.89. The van der Waals surface area contributed by atoms with Crippen LogP contribution in [-0.2, 0) is 10.2 Å². The van der Waals surface area contributed by atoms with Crippen LogP contribution < -0.4 is 5.32 Å². The predicted octanol–water partition coefficient (Wildman–Crippen LogP) is 5.80. The Hall–Kier alpha value is -1.80. The molecule has 1 amide bonds. The van der Waals surface area contributed by atoms with Crippen molar-refractivity contribution in [2.75, 3.05) is 5.32 Å². The molecule has 0 aliphatic heterocycles. The molecule has 3 rings (SSSR count). The van der Waals surface area contributed by atoms with E-state index in [9.17, 15) is 4.79 Å². The standard InChI is InChI=1S/C21H24ClNO/c1-15-9-10-16(2)19(13-15)23-20(24)21(11-4-3-5-12-21)17-7-6-8-18(22)14-17/h6-10,13-14H,3-5,11-12H2,1-2H3,(H,23,24). The van der Waals surface area contributed by atoms with Gasteiger partial charge in [-0.2, -0.15) is 0 Å². The van der Waals surface area contributed by atoms with Gasteiger partial charge in [0.25, 0.3) is 0 Å². The van der Waals surface area contributed by atoms with Gasteiger partial charge in [0.2, 0.25) is 5.91 Å². The lowest BCUT2D eigenvalue weighted by Gasteiger charge is -2.36. The van der Waals surface area contributed by atoms with E-state index in [4.69, 9.17) is 11.6 Å². The number of anilines is 1. The van der Waals surface area contributed by atoms with Crippen molar-refractivity contribution in [3.05, 3.63) is 64.2 Å². The fraction of sp³-hybridized carbons (Fsp3) is 0.381.